The maximum absolute atomic E-state index is 4.50. The molecule has 0 radical (unpaired) electrons. The van der Waals surface area contributed by atoms with Crippen LogP contribution >= 0.6 is 0 Å². The van der Waals surface area contributed by atoms with E-state index >= 15 is 0 Å². The molecule has 0 amide bonds. The molecule has 1 aliphatic rings. The predicted molar refractivity (Wildman–Crippen MR) is 69.4 cm³/mol. The molecule has 1 saturated heterocycles. The van der Waals surface area contributed by atoms with E-state index < -0.39 is 0 Å². The van der Waals surface area contributed by atoms with Crippen molar-refractivity contribution in [2.75, 3.05) is 18.0 Å². The number of nitrogens with zero attached hydrogens (tertiary/aromatic N) is 5. The normalized spacial score (nSPS) is 17.1. The van der Waals surface area contributed by atoms with Gasteiger partial charge in [0.1, 0.15) is 5.82 Å². The summed E-state index contributed by atoms with van der Waals surface area (Å²) in [6, 6.07) is 2.13. The molecule has 3 rings (SSSR count). The van der Waals surface area contributed by atoms with Crippen molar-refractivity contribution in [2.45, 2.75) is 18.8 Å². The van der Waals surface area contributed by atoms with Gasteiger partial charge in [-0.3, -0.25) is 9.67 Å². The highest BCUT2D eigenvalue weighted by molar-refractivity contribution is 5.36. The van der Waals surface area contributed by atoms with Crippen molar-refractivity contribution < 1.29 is 0 Å². The number of aromatic nitrogens is 4. The predicted octanol–water partition coefficient (Wildman–Crippen LogP) is 1.59. The Balaban J connectivity index is 1.65. The van der Waals surface area contributed by atoms with E-state index in [-0.39, 0.29) is 0 Å². The summed E-state index contributed by atoms with van der Waals surface area (Å²) in [5, 5.41) is 4.50. The van der Waals surface area contributed by atoms with Crippen LogP contribution in [-0.4, -0.2) is 32.8 Å². The van der Waals surface area contributed by atoms with Crippen molar-refractivity contribution in [3.05, 3.63) is 36.5 Å². The fraction of sp³-hybridized carbons (Fsp3) is 0.462. The maximum atomic E-state index is 4.50. The zero-order valence-electron chi connectivity index (χ0n) is 10.5. The molecule has 1 aliphatic heterocycles. The van der Waals surface area contributed by atoms with E-state index in [1.807, 2.05) is 24.1 Å². The highest BCUT2D eigenvalue weighted by Gasteiger charge is 2.22. The average Bonchev–Trinajstić information content (AvgIpc) is 2.87. The average molecular weight is 243 g/mol. The summed E-state index contributed by atoms with van der Waals surface area (Å²) < 4.78 is 1.88. The van der Waals surface area contributed by atoms with Gasteiger partial charge in [0.25, 0.3) is 0 Å². The van der Waals surface area contributed by atoms with Gasteiger partial charge in [0.2, 0.25) is 0 Å². The Morgan fingerprint density at radius 2 is 2.06 bits per heavy atom. The lowest BCUT2D eigenvalue weighted by Crippen LogP contribution is -2.33. The van der Waals surface area contributed by atoms with E-state index in [1.54, 1.807) is 12.4 Å². The third kappa shape index (κ3) is 2.20. The van der Waals surface area contributed by atoms with Crippen molar-refractivity contribution >= 4 is 5.82 Å². The standard InChI is InChI=1S/C13H17N5/c1-17-7-4-12(16-17)11-2-8-18(9-3-11)13-10-14-5-6-15-13/h4-7,10-11H,2-3,8-9H2,1H3. The molecular formula is C13H17N5. The summed E-state index contributed by atoms with van der Waals surface area (Å²) in [5.74, 6) is 1.57. The number of rotatable bonds is 2. The van der Waals surface area contributed by atoms with E-state index in [0.717, 1.165) is 31.7 Å². The second-order valence-corrected chi connectivity index (χ2v) is 4.74. The van der Waals surface area contributed by atoms with E-state index in [9.17, 15) is 0 Å². The quantitative estimate of drug-likeness (QED) is 0.803. The monoisotopic (exact) mass is 243 g/mol. The van der Waals surface area contributed by atoms with Crippen molar-refractivity contribution in [2.24, 2.45) is 7.05 Å². The Labute approximate surface area is 106 Å². The summed E-state index contributed by atoms with van der Waals surface area (Å²) >= 11 is 0. The van der Waals surface area contributed by atoms with E-state index in [2.05, 4.69) is 26.0 Å². The van der Waals surface area contributed by atoms with Crippen LogP contribution in [0.25, 0.3) is 0 Å². The van der Waals surface area contributed by atoms with Crippen LogP contribution in [0.15, 0.2) is 30.9 Å². The highest BCUT2D eigenvalue weighted by atomic mass is 15.3. The third-order valence-corrected chi connectivity index (χ3v) is 3.52. The molecule has 1 fully saturated rings. The fourth-order valence-electron chi connectivity index (χ4n) is 2.51. The first-order valence-electron chi connectivity index (χ1n) is 6.33. The maximum Gasteiger partial charge on any atom is 0.147 e. The molecule has 2 aromatic heterocycles. The van der Waals surface area contributed by atoms with Gasteiger partial charge in [-0.05, 0) is 18.9 Å². The summed E-state index contributed by atoms with van der Waals surface area (Å²) in [6.45, 7) is 2.06. The molecule has 2 aromatic rings. The molecular weight excluding hydrogens is 226 g/mol. The van der Waals surface area contributed by atoms with Crippen LogP contribution < -0.4 is 4.90 Å². The fourth-order valence-corrected chi connectivity index (χ4v) is 2.51. The smallest absolute Gasteiger partial charge is 0.147 e. The number of hydrogen-bond acceptors (Lipinski definition) is 4. The van der Waals surface area contributed by atoms with Gasteiger partial charge in [0, 0.05) is 44.6 Å². The van der Waals surface area contributed by atoms with Crippen LogP contribution in [0.3, 0.4) is 0 Å². The SMILES string of the molecule is Cn1ccc(C2CCN(c3cnccn3)CC2)n1. The first-order valence-corrected chi connectivity index (χ1v) is 6.33. The third-order valence-electron chi connectivity index (χ3n) is 3.52. The van der Waals surface area contributed by atoms with Crippen LogP contribution in [0.5, 0.6) is 0 Å². The Morgan fingerprint density at radius 1 is 1.22 bits per heavy atom. The van der Waals surface area contributed by atoms with Crippen LogP contribution in [0.4, 0.5) is 5.82 Å². The molecule has 0 saturated carbocycles. The minimum absolute atomic E-state index is 0.583. The van der Waals surface area contributed by atoms with E-state index in [4.69, 9.17) is 0 Å². The van der Waals surface area contributed by atoms with Gasteiger partial charge in [-0.2, -0.15) is 5.10 Å². The second-order valence-electron chi connectivity index (χ2n) is 4.74. The number of anilines is 1. The van der Waals surface area contributed by atoms with Gasteiger partial charge in [-0.1, -0.05) is 0 Å². The largest absolute Gasteiger partial charge is 0.355 e. The summed E-state index contributed by atoms with van der Waals surface area (Å²) in [4.78, 5) is 10.8. The Kier molecular flexibility index (Phi) is 2.96. The van der Waals surface area contributed by atoms with Crippen molar-refractivity contribution in [3.63, 3.8) is 0 Å². The zero-order valence-corrected chi connectivity index (χ0v) is 10.5. The van der Waals surface area contributed by atoms with Gasteiger partial charge in [-0.15, -0.1) is 0 Å². The summed E-state index contributed by atoms with van der Waals surface area (Å²) in [7, 11) is 1.97. The lowest BCUT2D eigenvalue weighted by molar-refractivity contribution is 0.488. The van der Waals surface area contributed by atoms with Gasteiger partial charge in [0.15, 0.2) is 0 Å². The topological polar surface area (TPSA) is 46.8 Å². The lowest BCUT2D eigenvalue weighted by atomic mass is 9.94. The van der Waals surface area contributed by atoms with Gasteiger partial charge in [0.05, 0.1) is 11.9 Å². The second kappa shape index (κ2) is 4.76. The van der Waals surface area contributed by atoms with Gasteiger partial charge in [-0.25, -0.2) is 4.98 Å². The van der Waals surface area contributed by atoms with Gasteiger partial charge >= 0.3 is 0 Å². The molecule has 0 aromatic carbocycles. The molecule has 0 N–H and O–H groups in total. The zero-order chi connectivity index (χ0) is 12.4. The summed E-state index contributed by atoms with van der Waals surface area (Å²) in [6.07, 6.45) is 9.58. The summed E-state index contributed by atoms with van der Waals surface area (Å²) in [5.41, 5.74) is 1.22. The van der Waals surface area contributed by atoms with Crippen LogP contribution in [0.1, 0.15) is 24.5 Å². The Hall–Kier alpha value is -1.91. The van der Waals surface area contributed by atoms with E-state index in [0.29, 0.717) is 5.92 Å². The molecule has 3 heterocycles. The molecule has 0 spiro atoms. The minimum Gasteiger partial charge on any atom is -0.355 e. The Morgan fingerprint density at radius 3 is 2.67 bits per heavy atom. The van der Waals surface area contributed by atoms with Crippen LogP contribution in [-0.2, 0) is 7.05 Å². The lowest BCUT2D eigenvalue weighted by Gasteiger charge is -2.31. The number of aryl methyl sites for hydroxylation is 1. The van der Waals surface area contributed by atoms with Crippen molar-refractivity contribution in [1.82, 2.24) is 19.7 Å². The molecule has 0 bridgehead atoms. The number of piperidine rings is 1. The molecule has 5 nitrogen and oxygen atoms in total. The number of hydrogen-bond donors (Lipinski definition) is 0. The van der Waals surface area contributed by atoms with Crippen LogP contribution in [0, 0.1) is 0 Å². The van der Waals surface area contributed by atoms with E-state index in [1.165, 1.54) is 5.69 Å². The molecule has 0 unspecified atom stereocenters. The van der Waals surface area contributed by atoms with Crippen molar-refractivity contribution in [3.8, 4) is 0 Å². The Bertz CT molecular complexity index is 499. The molecule has 5 heteroatoms. The minimum atomic E-state index is 0.583. The van der Waals surface area contributed by atoms with Crippen LogP contribution in [0.2, 0.25) is 0 Å². The first kappa shape index (κ1) is 11.2. The van der Waals surface area contributed by atoms with Crippen molar-refractivity contribution in [1.29, 1.82) is 0 Å². The first-order chi connectivity index (χ1) is 8.83. The molecule has 18 heavy (non-hydrogen) atoms. The molecule has 94 valence electrons. The highest BCUT2D eigenvalue weighted by Crippen LogP contribution is 2.28. The molecule has 0 aliphatic carbocycles. The van der Waals surface area contributed by atoms with Gasteiger partial charge < -0.3 is 4.90 Å². The molecule has 0 atom stereocenters.